The zero-order valence-corrected chi connectivity index (χ0v) is 10.6. The number of hydrogen-bond donors (Lipinski definition) is 0. The standard InChI is InChI=1S/C13H18N4O/c1-3-13(18)16(2)10-11-6-5-9-17(11)12-7-4-8-14-15-12/h3-4,7-8,11H,1,5-6,9-10H2,2H3. The first kappa shape index (κ1) is 12.5. The number of anilines is 1. The average molecular weight is 246 g/mol. The Hall–Kier alpha value is -1.91. The fourth-order valence-electron chi connectivity index (χ4n) is 2.34. The highest BCUT2D eigenvalue weighted by atomic mass is 16.2. The summed E-state index contributed by atoms with van der Waals surface area (Å²) in [7, 11) is 1.80. The lowest BCUT2D eigenvalue weighted by atomic mass is 10.2. The van der Waals surface area contributed by atoms with Gasteiger partial charge in [0.05, 0.1) is 0 Å². The molecule has 2 rings (SSSR count). The molecule has 1 atom stereocenters. The molecule has 0 bridgehead atoms. The van der Waals surface area contributed by atoms with Gasteiger partial charge in [-0.05, 0) is 31.1 Å². The SMILES string of the molecule is C=CC(=O)N(C)CC1CCCN1c1cccnn1. The molecule has 0 saturated carbocycles. The van der Waals surface area contributed by atoms with Crippen molar-refractivity contribution in [2.45, 2.75) is 18.9 Å². The van der Waals surface area contributed by atoms with E-state index in [1.165, 1.54) is 6.08 Å². The van der Waals surface area contributed by atoms with Crippen molar-refractivity contribution in [1.82, 2.24) is 15.1 Å². The van der Waals surface area contributed by atoms with E-state index < -0.39 is 0 Å². The fourth-order valence-corrected chi connectivity index (χ4v) is 2.34. The van der Waals surface area contributed by atoms with E-state index in [1.807, 2.05) is 12.1 Å². The van der Waals surface area contributed by atoms with Crippen LogP contribution in [0.25, 0.3) is 0 Å². The van der Waals surface area contributed by atoms with Crippen LogP contribution >= 0.6 is 0 Å². The summed E-state index contributed by atoms with van der Waals surface area (Å²) < 4.78 is 0. The van der Waals surface area contributed by atoms with Crippen LogP contribution in [0, 0.1) is 0 Å². The van der Waals surface area contributed by atoms with Gasteiger partial charge >= 0.3 is 0 Å². The van der Waals surface area contributed by atoms with Gasteiger partial charge in [-0.1, -0.05) is 6.58 Å². The molecular weight excluding hydrogens is 228 g/mol. The van der Waals surface area contributed by atoms with Crippen molar-refractivity contribution in [3.05, 3.63) is 31.0 Å². The van der Waals surface area contributed by atoms with Crippen molar-refractivity contribution in [2.24, 2.45) is 0 Å². The van der Waals surface area contributed by atoms with Gasteiger partial charge in [-0.15, -0.1) is 5.10 Å². The molecule has 96 valence electrons. The van der Waals surface area contributed by atoms with Crippen molar-refractivity contribution < 1.29 is 4.79 Å². The van der Waals surface area contributed by atoms with E-state index in [4.69, 9.17) is 0 Å². The first-order valence-corrected chi connectivity index (χ1v) is 6.14. The van der Waals surface area contributed by atoms with Crippen LogP contribution in [0.4, 0.5) is 5.82 Å². The molecule has 1 aromatic rings. The van der Waals surface area contributed by atoms with Crippen LogP contribution in [0.5, 0.6) is 0 Å². The Balaban J connectivity index is 2.04. The van der Waals surface area contributed by atoms with Gasteiger partial charge in [0.25, 0.3) is 0 Å². The number of carbonyl (C=O) groups is 1. The molecule has 1 aliphatic rings. The van der Waals surface area contributed by atoms with E-state index in [0.29, 0.717) is 12.6 Å². The largest absolute Gasteiger partial charge is 0.350 e. The summed E-state index contributed by atoms with van der Waals surface area (Å²) >= 11 is 0. The summed E-state index contributed by atoms with van der Waals surface area (Å²) in [5.74, 6) is 0.848. The molecule has 0 spiro atoms. The monoisotopic (exact) mass is 246 g/mol. The van der Waals surface area contributed by atoms with Crippen molar-refractivity contribution >= 4 is 11.7 Å². The Morgan fingerprint density at radius 1 is 1.72 bits per heavy atom. The van der Waals surface area contributed by atoms with Crippen LogP contribution in [0.3, 0.4) is 0 Å². The molecule has 1 fully saturated rings. The highest BCUT2D eigenvalue weighted by Crippen LogP contribution is 2.23. The Morgan fingerprint density at radius 3 is 3.22 bits per heavy atom. The lowest BCUT2D eigenvalue weighted by Gasteiger charge is -2.28. The van der Waals surface area contributed by atoms with Crippen LogP contribution in [0.1, 0.15) is 12.8 Å². The summed E-state index contributed by atoms with van der Waals surface area (Å²) in [6, 6.07) is 4.16. The van der Waals surface area contributed by atoms with Gasteiger partial charge in [-0.2, -0.15) is 5.10 Å². The fraction of sp³-hybridized carbons (Fsp3) is 0.462. The van der Waals surface area contributed by atoms with Crippen LogP contribution in [-0.4, -0.2) is 47.2 Å². The number of carbonyl (C=O) groups excluding carboxylic acids is 1. The summed E-state index contributed by atoms with van der Waals surface area (Å²) in [6.07, 6.45) is 5.21. The minimum absolute atomic E-state index is 0.0407. The van der Waals surface area contributed by atoms with E-state index in [1.54, 1.807) is 18.1 Å². The molecule has 5 nitrogen and oxygen atoms in total. The second kappa shape index (κ2) is 5.62. The summed E-state index contributed by atoms with van der Waals surface area (Å²) in [4.78, 5) is 15.4. The van der Waals surface area contributed by atoms with Crippen molar-refractivity contribution in [1.29, 1.82) is 0 Å². The third kappa shape index (κ3) is 2.67. The first-order valence-electron chi connectivity index (χ1n) is 6.14. The van der Waals surface area contributed by atoms with E-state index in [2.05, 4.69) is 21.7 Å². The van der Waals surface area contributed by atoms with Crippen LogP contribution in [0.15, 0.2) is 31.0 Å². The summed E-state index contributed by atoms with van der Waals surface area (Å²) in [5.41, 5.74) is 0. The van der Waals surface area contributed by atoms with Gasteiger partial charge in [0, 0.05) is 32.4 Å². The number of likely N-dealkylation sites (N-methyl/N-ethyl adjacent to an activating group) is 1. The lowest BCUT2D eigenvalue weighted by molar-refractivity contribution is -0.124. The van der Waals surface area contributed by atoms with E-state index >= 15 is 0 Å². The normalized spacial score (nSPS) is 18.7. The molecule has 0 radical (unpaired) electrons. The van der Waals surface area contributed by atoms with E-state index in [-0.39, 0.29) is 5.91 Å². The molecule has 0 aliphatic carbocycles. The molecular formula is C13H18N4O. The quantitative estimate of drug-likeness (QED) is 0.746. The van der Waals surface area contributed by atoms with Crippen molar-refractivity contribution in [2.75, 3.05) is 25.0 Å². The highest BCUT2D eigenvalue weighted by molar-refractivity contribution is 5.86. The summed E-state index contributed by atoms with van der Waals surface area (Å²) in [5, 5.41) is 8.04. The molecule has 5 heteroatoms. The van der Waals surface area contributed by atoms with Crippen LogP contribution in [-0.2, 0) is 4.79 Å². The molecule has 18 heavy (non-hydrogen) atoms. The Morgan fingerprint density at radius 2 is 2.56 bits per heavy atom. The topological polar surface area (TPSA) is 49.3 Å². The lowest BCUT2D eigenvalue weighted by Crippen LogP contribution is -2.41. The highest BCUT2D eigenvalue weighted by Gasteiger charge is 2.27. The third-order valence-electron chi connectivity index (χ3n) is 3.27. The third-order valence-corrected chi connectivity index (χ3v) is 3.27. The van der Waals surface area contributed by atoms with Gasteiger partial charge in [-0.25, -0.2) is 0 Å². The Kier molecular flexibility index (Phi) is 3.92. The molecule has 0 N–H and O–H groups in total. The number of rotatable bonds is 4. The van der Waals surface area contributed by atoms with E-state index in [0.717, 1.165) is 25.2 Å². The zero-order chi connectivity index (χ0) is 13.0. The predicted octanol–water partition coefficient (Wildman–Crippen LogP) is 1.09. The number of nitrogens with zero attached hydrogens (tertiary/aromatic N) is 4. The minimum atomic E-state index is -0.0407. The zero-order valence-electron chi connectivity index (χ0n) is 10.6. The molecule has 1 saturated heterocycles. The molecule has 1 aliphatic heterocycles. The molecule has 0 aromatic carbocycles. The predicted molar refractivity (Wildman–Crippen MR) is 70.2 cm³/mol. The van der Waals surface area contributed by atoms with Crippen LogP contribution in [0.2, 0.25) is 0 Å². The van der Waals surface area contributed by atoms with E-state index in [9.17, 15) is 4.79 Å². The molecule has 1 aromatic heterocycles. The van der Waals surface area contributed by atoms with Gasteiger partial charge < -0.3 is 9.80 Å². The Labute approximate surface area is 107 Å². The van der Waals surface area contributed by atoms with Crippen molar-refractivity contribution in [3.8, 4) is 0 Å². The van der Waals surface area contributed by atoms with Gasteiger partial charge in [0.15, 0.2) is 5.82 Å². The smallest absolute Gasteiger partial charge is 0.245 e. The maximum atomic E-state index is 11.5. The number of hydrogen-bond acceptors (Lipinski definition) is 4. The number of aromatic nitrogens is 2. The maximum absolute atomic E-state index is 11.5. The minimum Gasteiger partial charge on any atom is -0.350 e. The molecule has 1 amide bonds. The van der Waals surface area contributed by atoms with Crippen LogP contribution < -0.4 is 4.90 Å². The second-order valence-electron chi connectivity index (χ2n) is 4.49. The Bertz CT molecular complexity index is 420. The maximum Gasteiger partial charge on any atom is 0.245 e. The second-order valence-corrected chi connectivity index (χ2v) is 4.49. The molecule has 2 heterocycles. The van der Waals surface area contributed by atoms with Gasteiger partial charge in [0.2, 0.25) is 5.91 Å². The average Bonchev–Trinajstić information content (AvgIpc) is 2.86. The summed E-state index contributed by atoms with van der Waals surface area (Å²) in [6.45, 7) is 5.17. The first-order chi connectivity index (χ1) is 8.72. The number of amides is 1. The van der Waals surface area contributed by atoms with Gasteiger partial charge in [-0.3, -0.25) is 4.79 Å². The van der Waals surface area contributed by atoms with Crippen molar-refractivity contribution in [3.63, 3.8) is 0 Å². The molecule has 1 unspecified atom stereocenters. The van der Waals surface area contributed by atoms with Gasteiger partial charge in [0.1, 0.15) is 0 Å².